The van der Waals surface area contributed by atoms with Crippen LogP contribution in [-0.2, 0) is 16.1 Å². The van der Waals surface area contributed by atoms with Crippen LogP contribution in [0.25, 0.3) is 0 Å². The van der Waals surface area contributed by atoms with Crippen LogP contribution in [0.3, 0.4) is 0 Å². The zero-order valence-corrected chi connectivity index (χ0v) is 15.8. The molecule has 2 saturated heterocycles. The first kappa shape index (κ1) is 21.2. The van der Waals surface area contributed by atoms with Crippen LogP contribution in [0.4, 0.5) is 0 Å². The van der Waals surface area contributed by atoms with Gasteiger partial charge in [0.2, 0.25) is 0 Å². The van der Waals surface area contributed by atoms with Crippen molar-refractivity contribution in [2.24, 2.45) is 5.92 Å². The molecule has 2 aliphatic rings. The fraction of sp³-hybridized carbons (Fsp3) is 0.750. The molecule has 1 amide bonds. The smallest absolute Gasteiger partial charge is 0.254 e. The van der Waals surface area contributed by atoms with Crippen LogP contribution in [0.15, 0.2) is 18.5 Å². The minimum Gasteiger partial charge on any atom is -0.368 e. The lowest BCUT2D eigenvalue weighted by Gasteiger charge is -2.41. The van der Waals surface area contributed by atoms with Crippen LogP contribution in [-0.4, -0.2) is 59.5 Å². The Hall–Kier alpha value is -0.820. The maximum Gasteiger partial charge on any atom is 0.254 e. The first-order valence-corrected chi connectivity index (χ1v) is 8.26. The van der Waals surface area contributed by atoms with E-state index in [1.54, 1.807) is 7.11 Å². The summed E-state index contributed by atoms with van der Waals surface area (Å²) in [6.45, 7) is 4.34. The van der Waals surface area contributed by atoms with Crippen molar-refractivity contribution < 1.29 is 9.53 Å². The second kappa shape index (κ2) is 9.61. The Balaban J connectivity index is 0.00000144. The molecule has 8 heteroatoms. The third-order valence-corrected chi connectivity index (χ3v) is 5.10. The second-order valence-corrected chi connectivity index (χ2v) is 6.41. The minimum absolute atomic E-state index is 0. The van der Waals surface area contributed by atoms with Crippen molar-refractivity contribution in [2.45, 2.75) is 37.8 Å². The molecule has 0 bridgehead atoms. The quantitative estimate of drug-likeness (QED) is 0.866. The van der Waals surface area contributed by atoms with E-state index in [0.717, 1.165) is 58.4 Å². The Kier molecular flexibility index (Phi) is 8.50. The molecule has 0 unspecified atom stereocenters. The predicted octanol–water partition coefficient (Wildman–Crippen LogP) is 1.73. The highest BCUT2D eigenvalue weighted by Crippen LogP contribution is 2.28. The molecule has 0 saturated carbocycles. The number of hydrogen-bond donors (Lipinski definition) is 1. The Morgan fingerprint density at radius 1 is 1.29 bits per heavy atom. The van der Waals surface area contributed by atoms with Gasteiger partial charge in [-0.2, -0.15) is 5.10 Å². The van der Waals surface area contributed by atoms with Crippen LogP contribution < -0.4 is 5.32 Å². The first-order valence-electron chi connectivity index (χ1n) is 8.26. The number of nitrogens with one attached hydrogen (secondary N) is 1. The number of hydrogen-bond acceptors (Lipinski definition) is 4. The number of carbonyl (C=O) groups excluding carboxylic acids is 1. The fourth-order valence-corrected chi connectivity index (χ4v) is 3.62. The number of rotatable bonds is 4. The van der Waals surface area contributed by atoms with Gasteiger partial charge in [0, 0.05) is 39.1 Å². The summed E-state index contributed by atoms with van der Waals surface area (Å²) in [6.07, 6.45) is 7.46. The Labute approximate surface area is 156 Å². The van der Waals surface area contributed by atoms with Crippen molar-refractivity contribution >= 4 is 30.7 Å². The second-order valence-electron chi connectivity index (χ2n) is 6.41. The molecule has 138 valence electrons. The van der Waals surface area contributed by atoms with E-state index in [1.807, 2.05) is 28.0 Å². The summed E-state index contributed by atoms with van der Waals surface area (Å²) in [7, 11) is 1.67. The molecule has 6 nitrogen and oxygen atoms in total. The Morgan fingerprint density at radius 2 is 1.96 bits per heavy atom. The van der Waals surface area contributed by atoms with E-state index in [-0.39, 0.29) is 30.7 Å². The summed E-state index contributed by atoms with van der Waals surface area (Å²) >= 11 is 0. The lowest BCUT2D eigenvalue weighted by Crippen LogP contribution is -2.56. The normalized spacial score (nSPS) is 20.8. The minimum atomic E-state index is -0.597. The number of amides is 1. The monoisotopic (exact) mass is 378 g/mol. The average Bonchev–Trinajstić information content (AvgIpc) is 3.08. The first-order chi connectivity index (χ1) is 10.7. The maximum absolute atomic E-state index is 12.9. The molecule has 3 heterocycles. The molecular weight excluding hydrogens is 351 g/mol. The number of aromatic nitrogens is 2. The molecule has 2 fully saturated rings. The standard InChI is InChI=1S/C16H26N4O2.2ClH/c1-22-16(5-8-17-9-6-16)15(21)19-11-3-14(4-12-19)13-20-10-2-7-18-20;;/h2,7,10,14,17H,3-6,8-9,11-13H2,1H3;2*1H. The highest BCUT2D eigenvalue weighted by Gasteiger charge is 2.43. The lowest BCUT2D eigenvalue weighted by molar-refractivity contribution is -0.159. The molecule has 1 aromatic rings. The molecule has 0 aliphatic carbocycles. The third kappa shape index (κ3) is 4.63. The van der Waals surface area contributed by atoms with Crippen molar-refractivity contribution in [1.82, 2.24) is 20.0 Å². The van der Waals surface area contributed by atoms with Gasteiger partial charge >= 0.3 is 0 Å². The van der Waals surface area contributed by atoms with Crippen molar-refractivity contribution in [3.8, 4) is 0 Å². The molecule has 0 aromatic carbocycles. The fourth-order valence-electron chi connectivity index (χ4n) is 3.62. The van der Waals surface area contributed by atoms with Crippen LogP contribution >= 0.6 is 24.8 Å². The summed E-state index contributed by atoms with van der Waals surface area (Å²) in [5.74, 6) is 0.796. The lowest BCUT2D eigenvalue weighted by atomic mass is 9.88. The molecular formula is C16H28Cl2N4O2. The number of ether oxygens (including phenoxy) is 1. The van der Waals surface area contributed by atoms with E-state index in [9.17, 15) is 4.79 Å². The molecule has 0 radical (unpaired) electrons. The molecule has 3 rings (SSSR count). The zero-order chi connectivity index (χ0) is 15.4. The zero-order valence-electron chi connectivity index (χ0n) is 14.1. The van der Waals surface area contributed by atoms with Crippen molar-refractivity contribution in [2.75, 3.05) is 33.3 Å². The number of methoxy groups -OCH3 is 1. The topological polar surface area (TPSA) is 59.4 Å². The number of halogens is 2. The number of carbonyl (C=O) groups is 1. The van der Waals surface area contributed by atoms with Gasteiger partial charge < -0.3 is 15.0 Å². The molecule has 0 spiro atoms. The number of piperidine rings is 2. The maximum atomic E-state index is 12.9. The molecule has 2 aliphatic heterocycles. The number of likely N-dealkylation sites (tertiary alicyclic amines) is 1. The van der Waals surface area contributed by atoms with Crippen molar-refractivity contribution in [1.29, 1.82) is 0 Å². The van der Waals surface area contributed by atoms with Gasteiger partial charge in [-0.3, -0.25) is 9.48 Å². The Morgan fingerprint density at radius 3 is 2.50 bits per heavy atom. The molecule has 24 heavy (non-hydrogen) atoms. The predicted molar refractivity (Wildman–Crippen MR) is 97.9 cm³/mol. The van der Waals surface area contributed by atoms with E-state index in [0.29, 0.717) is 5.92 Å². The number of nitrogens with zero attached hydrogens (tertiary/aromatic N) is 3. The SMILES string of the molecule is COC1(C(=O)N2CCC(Cn3cccn3)CC2)CCNCC1.Cl.Cl. The van der Waals surface area contributed by atoms with Crippen molar-refractivity contribution in [3.63, 3.8) is 0 Å². The van der Waals surface area contributed by atoms with Gasteiger partial charge in [-0.1, -0.05) is 0 Å². The summed E-state index contributed by atoms with van der Waals surface area (Å²) < 4.78 is 7.65. The van der Waals surface area contributed by atoms with Crippen LogP contribution in [0.2, 0.25) is 0 Å². The van der Waals surface area contributed by atoms with Gasteiger partial charge in [0.05, 0.1) is 0 Å². The molecule has 0 atom stereocenters. The Bertz CT molecular complexity index is 484. The van der Waals surface area contributed by atoms with Gasteiger partial charge in [0.25, 0.3) is 5.91 Å². The van der Waals surface area contributed by atoms with Gasteiger partial charge in [-0.15, -0.1) is 24.8 Å². The highest BCUT2D eigenvalue weighted by atomic mass is 35.5. The van der Waals surface area contributed by atoms with E-state index >= 15 is 0 Å². The molecule has 1 N–H and O–H groups in total. The van der Waals surface area contributed by atoms with Crippen LogP contribution in [0.5, 0.6) is 0 Å². The third-order valence-electron chi connectivity index (χ3n) is 5.10. The van der Waals surface area contributed by atoms with Gasteiger partial charge in [0.15, 0.2) is 0 Å². The highest BCUT2D eigenvalue weighted by molar-refractivity contribution is 5.86. The largest absolute Gasteiger partial charge is 0.368 e. The van der Waals surface area contributed by atoms with E-state index < -0.39 is 5.60 Å². The molecule has 1 aromatic heterocycles. The van der Waals surface area contributed by atoms with E-state index in [1.165, 1.54) is 0 Å². The van der Waals surface area contributed by atoms with E-state index in [4.69, 9.17) is 4.74 Å². The summed E-state index contributed by atoms with van der Waals surface area (Å²) in [5, 5.41) is 7.57. The summed E-state index contributed by atoms with van der Waals surface area (Å²) in [5.41, 5.74) is -0.597. The van der Waals surface area contributed by atoms with Crippen LogP contribution in [0.1, 0.15) is 25.7 Å². The van der Waals surface area contributed by atoms with E-state index in [2.05, 4.69) is 10.4 Å². The van der Waals surface area contributed by atoms with Crippen LogP contribution in [0, 0.1) is 5.92 Å². The average molecular weight is 379 g/mol. The summed E-state index contributed by atoms with van der Waals surface area (Å²) in [6, 6.07) is 1.96. The summed E-state index contributed by atoms with van der Waals surface area (Å²) in [4.78, 5) is 14.9. The van der Waals surface area contributed by atoms with Gasteiger partial charge in [0.1, 0.15) is 5.60 Å². The van der Waals surface area contributed by atoms with Gasteiger partial charge in [-0.25, -0.2) is 0 Å². The van der Waals surface area contributed by atoms with Crippen molar-refractivity contribution in [3.05, 3.63) is 18.5 Å². The van der Waals surface area contributed by atoms with Gasteiger partial charge in [-0.05, 0) is 50.8 Å².